The molecule has 1 heteroatoms. The largest absolute Gasteiger partial charge is 0.296 e. The van der Waals surface area contributed by atoms with Crippen LogP contribution in [-0.4, -0.2) is 17.5 Å². The topological polar surface area (TPSA) is 3.24 Å². The van der Waals surface area contributed by atoms with Crippen LogP contribution >= 0.6 is 0 Å². The standard InChI is InChI=1S/C12H16N/c1-11-6-5-9-13(11)10-12-7-3-2-4-8-12/h2-4,7-8,11H,1,5-6,9-10H2. The second kappa shape index (κ2) is 3.93. The van der Waals surface area contributed by atoms with E-state index in [0.717, 1.165) is 6.54 Å². The molecule has 1 nitrogen and oxygen atoms in total. The predicted octanol–water partition coefficient (Wildman–Crippen LogP) is 2.49. The van der Waals surface area contributed by atoms with Crippen LogP contribution in [-0.2, 0) is 6.54 Å². The molecule has 0 saturated carbocycles. The number of benzene rings is 1. The third-order valence-corrected chi connectivity index (χ3v) is 2.73. The molecule has 1 aromatic rings. The molecule has 13 heavy (non-hydrogen) atoms. The first-order chi connectivity index (χ1) is 6.36. The van der Waals surface area contributed by atoms with Crippen LogP contribution in [0.3, 0.4) is 0 Å². The van der Waals surface area contributed by atoms with Crippen LogP contribution in [0.4, 0.5) is 0 Å². The molecule has 1 heterocycles. The van der Waals surface area contributed by atoms with Crippen molar-refractivity contribution in [3.8, 4) is 0 Å². The Morgan fingerprint density at radius 1 is 1.31 bits per heavy atom. The second-order valence-corrected chi connectivity index (χ2v) is 3.75. The summed E-state index contributed by atoms with van der Waals surface area (Å²) in [5.74, 6) is 0. The highest BCUT2D eigenvalue weighted by Gasteiger charge is 2.19. The van der Waals surface area contributed by atoms with E-state index in [1.54, 1.807) is 0 Å². The van der Waals surface area contributed by atoms with Gasteiger partial charge in [-0.05, 0) is 31.9 Å². The maximum absolute atomic E-state index is 4.14. The lowest BCUT2D eigenvalue weighted by molar-refractivity contribution is 0.280. The zero-order chi connectivity index (χ0) is 9.10. The molecule has 1 radical (unpaired) electrons. The van der Waals surface area contributed by atoms with E-state index in [2.05, 4.69) is 42.2 Å². The average Bonchev–Trinajstić information content (AvgIpc) is 2.54. The summed E-state index contributed by atoms with van der Waals surface area (Å²) in [6.45, 7) is 6.42. The Balaban J connectivity index is 1.98. The highest BCUT2D eigenvalue weighted by Crippen LogP contribution is 2.18. The van der Waals surface area contributed by atoms with Crippen LogP contribution in [0.2, 0.25) is 0 Å². The Morgan fingerprint density at radius 3 is 2.69 bits per heavy atom. The molecule has 0 N–H and O–H groups in total. The minimum Gasteiger partial charge on any atom is -0.296 e. The highest BCUT2D eigenvalue weighted by atomic mass is 15.2. The molecule has 1 fully saturated rings. The smallest absolute Gasteiger partial charge is 0.0236 e. The predicted molar refractivity (Wildman–Crippen MR) is 55.2 cm³/mol. The molecule has 1 aromatic carbocycles. The molecular weight excluding hydrogens is 158 g/mol. The fourth-order valence-electron chi connectivity index (χ4n) is 1.92. The van der Waals surface area contributed by atoms with Gasteiger partial charge in [0.15, 0.2) is 0 Å². The van der Waals surface area contributed by atoms with E-state index in [1.807, 2.05) is 0 Å². The van der Waals surface area contributed by atoms with Crippen molar-refractivity contribution in [1.29, 1.82) is 0 Å². The van der Waals surface area contributed by atoms with Gasteiger partial charge in [0.05, 0.1) is 0 Å². The summed E-state index contributed by atoms with van der Waals surface area (Å²) < 4.78 is 0. The van der Waals surface area contributed by atoms with Gasteiger partial charge >= 0.3 is 0 Å². The summed E-state index contributed by atoms with van der Waals surface area (Å²) in [6.07, 6.45) is 2.56. The molecular formula is C12H16N. The molecule has 1 unspecified atom stereocenters. The monoisotopic (exact) mass is 174 g/mol. The normalized spacial score (nSPS) is 23.6. The van der Waals surface area contributed by atoms with Gasteiger partial charge < -0.3 is 0 Å². The molecule has 2 rings (SSSR count). The first-order valence-electron chi connectivity index (χ1n) is 4.97. The van der Waals surface area contributed by atoms with Crippen LogP contribution in [0, 0.1) is 6.92 Å². The van der Waals surface area contributed by atoms with E-state index in [-0.39, 0.29) is 0 Å². The maximum Gasteiger partial charge on any atom is 0.0236 e. The fourth-order valence-corrected chi connectivity index (χ4v) is 1.92. The van der Waals surface area contributed by atoms with Gasteiger partial charge in [0.1, 0.15) is 0 Å². The van der Waals surface area contributed by atoms with Crippen LogP contribution < -0.4 is 0 Å². The number of likely N-dealkylation sites (tertiary alicyclic amines) is 1. The SMILES string of the molecule is [CH2]C1CCCN1Cc1ccccc1. The van der Waals surface area contributed by atoms with E-state index in [9.17, 15) is 0 Å². The number of hydrogen-bond acceptors (Lipinski definition) is 1. The summed E-state index contributed by atoms with van der Waals surface area (Å²) in [6, 6.07) is 11.2. The first-order valence-corrected chi connectivity index (χ1v) is 4.97. The quantitative estimate of drug-likeness (QED) is 0.666. The molecule has 0 amide bonds. The van der Waals surface area contributed by atoms with Crippen LogP contribution in [0.15, 0.2) is 30.3 Å². The molecule has 0 aliphatic carbocycles. The Kier molecular flexibility index (Phi) is 2.65. The second-order valence-electron chi connectivity index (χ2n) is 3.75. The van der Waals surface area contributed by atoms with Gasteiger partial charge in [-0.15, -0.1) is 0 Å². The fraction of sp³-hybridized carbons (Fsp3) is 0.417. The zero-order valence-corrected chi connectivity index (χ0v) is 7.95. The van der Waals surface area contributed by atoms with Crippen molar-refractivity contribution in [2.24, 2.45) is 0 Å². The lowest BCUT2D eigenvalue weighted by Gasteiger charge is -2.20. The van der Waals surface area contributed by atoms with Gasteiger partial charge in [0, 0.05) is 12.6 Å². The molecule has 69 valence electrons. The third-order valence-electron chi connectivity index (χ3n) is 2.73. The van der Waals surface area contributed by atoms with Crippen LogP contribution in [0.25, 0.3) is 0 Å². The van der Waals surface area contributed by atoms with Crippen molar-refractivity contribution in [1.82, 2.24) is 4.90 Å². The Hall–Kier alpha value is -0.820. The molecule has 0 spiro atoms. The van der Waals surface area contributed by atoms with Gasteiger partial charge in [-0.3, -0.25) is 4.90 Å². The van der Waals surface area contributed by atoms with Crippen LogP contribution in [0.1, 0.15) is 18.4 Å². The van der Waals surface area contributed by atoms with E-state index >= 15 is 0 Å². The van der Waals surface area contributed by atoms with Crippen molar-refractivity contribution >= 4 is 0 Å². The maximum atomic E-state index is 4.14. The molecule has 0 aromatic heterocycles. The number of nitrogens with zero attached hydrogens (tertiary/aromatic N) is 1. The Labute approximate surface area is 80.4 Å². The van der Waals surface area contributed by atoms with Crippen LogP contribution in [0.5, 0.6) is 0 Å². The molecule has 0 bridgehead atoms. The zero-order valence-electron chi connectivity index (χ0n) is 7.95. The highest BCUT2D eigenvalue weighted by molar-refractivity contribution is 5.14. The summed E-state index contributed by atoms with van der Waals surface area (Å²) in [4.78, 5) is 2.45. The van der Waals surface area contributed by atoms with Gasteiger partial charge in [0.25, 0.3) is 0 Å². The van der Waals surface area contributed by atoms with E-state index in [1.165, 1.54) is 24.9 Å². The summed E-state index contributed by atoms with van der Waals surface area (Å²) in [5, 5.41) is 0. The third kappa shape index (κ3) is 2.10. The van der Waals surface area contributed by atoms with Gasteiger partial charge in [-0.2, -0.15) is 0 Å². The lowest BCUT2D eigenvalue weighted by Crippen LogP contribution is -2.26. The molecule has 1 aliphatic heterocycles. The van der Waals surface area contributed by atoms with Crippen molar-refractivity contribution in [2.75, 3.05) is 6.54 Å². The van der Waals surface area contributed by atoms with Gasteiger partial charge in [-0.25, -0.2) is 0 Å². The Bertz CT molecular complexity index is 255. The van der Waals surface area contributed by atoms with Crippen molar-refractivity contribution in [2.45, 2.75) is 25.4 Å². The minimum absolute atomic E-state index is 0.528. The van der Waals surface area contributed by atoms with E-state index in [0.29, 0.717) is 6.04 Å². The number of hydrogen-bond donors (Lipinski definition) is 0. The first kappa shape index (κ1) is 8.76. The summed E-state index contributed by atoms with van der Waals surface area (Å²) >= 11 is 0. The Morgan fingerprint density at radius 2 is 2.08 bits per heavy atom. The molecule has 1 saturated heterocycles. The average molecular weight is 174 g/mol. The van der Waals surface area contributed by atoms with Crippen molar-refractivity contribution in [3.05, 3.63) is 42.8 Å². The summed E-state index contributed by atoms with van der Waals surface area (Å²) in [7, 11) is 0. The van der Waals surface area contributed by atoms with Gasteiger partial charge in [0.2, 0.25) is 0 Å². The van der Waals surface area contributed by atoms with Gasteiger partial charge in [-0.1, -0.05) is 30.3 Å². The van der Waals surface area contributed by atoms with Crippen molar-refractivity contribution in [3.63, 3.8) is 0 Å². The lowest BCUT2D eigenvalue weighted by atomic mass is 10.2. The van der Waals surface area contributed by atoms with E-state index < -0.39 is 0 Å². The van der Waals surface area contributed by atoms with Crippen molar-refractivity contribution < 1.29 is 0 Å². The molecule has 1 atom stereocenters. The van der Waals surface area contributed by atoms with E-state index in [4.69, 9.17) is 0 Å². The molecule has 1 aliphatic rings. The summed E-state index contributed by atoms with van der Waals surface area (Å²) in [5.41, 5.74) is 1.40. The number of rotatable bonds is 2. The minimum atomic E-state index is 0.528.